The van der Waals surface area contributed by atoms with Gasteiger partial charge in [-0.1, -0.05) is 19.8 Å². The quantitative estimate of drug-likeness (QED) is 0.457. The molecule has 0 unspecified atom stereocenters. The van der Waals surface area contributed by atoms with Crippen LogP contribution in [0.4, 0.5) is 0 Å². The monoisotopic (exact) mass is 479 g/mol. The minimum absolute atomic E-state index is 0.0334. The van der Waals surface area contributed by atoms with Gasteiger partial charge in [0.15, 0.2) is 5.65 Å². The van der Waals surface area contributed by atoms with Crippen molar-refractivity contribution in [3.63, 3.8) is 0 Å². The Kier molecular flexibility index (Phi) is 7.57. The Morgan fingerprint density at radius 3 is 2.54 bits per heavy atom. The number of piperidine rings is 1. The third-order valence-electron chi connectivity index (χ3n) is 6.84. The maximum Gasteiger partial charge on any atom is 0.254 e. The molecule has 4 rings (SSSR count). The van der Waals surface area contributed by atoms with Crippen molar-refractivity contribution >= 4 is 22.8 Å². The van der Waals surface area contributed by atoms with Crippen LogP contribution in [0.3, 0.4) is 0 Å². The second kappa shape index (κ2) is 10.6. The number of carbonyl (C=O) groups excluding carboxylic acids is 2. The van der Waals surface area contributed by atoms with Crippen molar-refractivity contribution in [1.82, 2.24) is 25.0 Å². The number of nitrogens with zero attached hydrogens (tertiary/aromatic N) is 4. The number of amides is 2. The minimum atomic E-state index is -0.0402. The van der Waals surface area contributed by atoms with Crippen LogP contribution in [-0.4, -0.2) is 51.1 Å². The molecule has 0 spiro atoms. The molecule has 2 amide bonds. The van der Waals surface area contributed by atoms with E-state index in [0.717, 1.165) is 48.3 Å². The molecule has 0 atom stereocenters. The van der Waals surface area contributed by atoms with Gasteiger partial charge in [0.2, 0.25) is 5.91 Å². The molecule has 0 radical (unpaired) electrons. The highest BCUT2D eigenvalue weighted by atomic mass is 16.3. The van der Waals surface area contributed by atoms with E-state index in [4.69, 9.17) is 9.40 Å². The molecule has 1 aliphatic heterocycles. The lowest BCUT2D eigenvalue weighted by atomic mass is 9.95. The van der Waals surface area contributed by atoms with Crippen molar-refractivity contribution in [1.29, 1.82) is 0 Å². The van der Waals surface area contributed by atoms with Crippen molar-refractivity contribution in [2.24, 2.45) is 5.92 Å². The predicted octanol–water partition coefficient (Wildman–Crippen LogP) is 5.05. The molecular weight excluding hydrogens is 442 g/mol. The zero-order valence-electron chi connectivity index (χ0n) is 21.6. The number of fused-ring (bicyclic) bond motifs is 1. The van der Waals surface area contributed by atoms with Crippen LogP contribution in [-0.2, 0) is 4.79 Å². The molecule has 4 heterocycles. The summed E-state index contributed by atoms with van der Waals surface area (Å²) in [5.74, 6) is 1.62. The number of pyridine rings is 1. The van der Waals surface area contributed by atoms with Crippen LogP contribution in [0.2, 0.25) is 0 Å². The number of hydrogen-bond donors (Lipinski definition) is 1. The van der Waals surface area contributed by atoms with Gasteiger partial charge < -0.3 is 14.6 Å². The fourth-order valence-corrected chi connectivity index (χ4v) is 4.84. The van der Waals surface area contributed by atoms with E-state index >= 15 is 0 Å². The van der Waals surface area contributed by atoms with E-state index in [0.29, 0.717) is 42.8 Å². The molecular formula is C27H37N5O3. The lowest BCUT2D eigenvalue weighted by Gasteiger charge is -2.31. The van der Waals surface area contributed by atoms with E-state index in [2.05, 4.69) is 17.3 Å². The summed E-state index contributed by atoms with van der Waals surface area (Å²) in [6.07, 6.45) is 6.37. The van der Waals surface area contributed by atoms with Gasteiger partial charge in [0, 0.05) is 37.2 Å². The van der Waals surface area contributed by atoms with Crippen LogP contribution in [0.5, 0.6) is 0 Å². The number of furan rings is 1. The lowest BCUT2D eigenvalue weighted by molar-refractivity contribution is -0.126. The maximum absolute atomic E-state index is 13.7. The Morgan fingerprint density at radius 2 is 1.91 bits per heavy atom. The largest absolute Gasteiger partial charge is 0.466 e. The molecule has 3 aromatic heterocycles. The van der Waals surface area contributed by atoms with Gasteiger partial charge in [0.05, 0.1) is 22.8 Å². The second-order valence-electron chi connectivity index (χ2n) is 9.87. The van der Waals surface area contributed by atoms with Crippen LogP contribution in [0.15, 0.2) is 22.7 Å². The molecule has 0 bridgehead atoms. The normalized spacial score (nSPS) is 14.7. The average Bonchev–Trinajstić information content (AvgIpc) is 3.43. The summed E-state index contributed by atoms with van der Waals surface area (Å²) in [6.45, 7) is 11.9. The van der Waals surface area contributed by atoms with E-state index < -0.39 is 0 Å². The van der Waals surface area contributed by atoms with Gasteiger partial charge >= 0.3 is 0 Å². The number of hydrogen-bond acceptors (Lipinski definition) is 5. The number of nitrogens with one attached hydrogen (secondary N) is 1. The fraction of sp³-hybridized carbons (Fsp3) is 0.556. The summed E-state index contributed by atoms with van der Waals surface area (Å²) in [4.78, 5) is 33.0. The second-order valence-corrected chi connectivity index (χ2v) is 9.87. The van der Waals surface area contributed by atoms with Gasteiger partial charge in [0.25, 0.3) is 5.91 Å². The molecule has 0 aromatic carbocycles. The van der Waals surface area contributed by atoms with E-state index in [1.165, 1.54) is 0 Å². The highest BCUT2D eigenvalue weighted by Gasteiger charge is 2.29. The molecule has 0 saturated carbocycles. The third-order valence-corrected chi connectivity index (χ3v) is 6.84. The number of carbonyl (C=O) groups is 2. The SMILES string of the molecule is CCCCCNC(=O)C1CCN(C(=O)c2cc(-c3cc(C)oc3C)nc3c2cnn3C(C)C)CC1. The molecule has 35 heavy (non-hydrogen) atoms. The molecule has 1 saturated heterocycles. The van der Waals surface area contributed by atoms with Crippen molar-refractivity contribution < 1.29 is 14.0 Å². The number of rotatable bonds is 8. The summed E-state index contributed by atoms with van der Waals surface area (Å²) >= 11 is 0. The standard InChI is InChI=1S/C27H37N5O3/c1-6-7-8-11-28-26(33)20-9-12-31(13-10-20)27(34)22-15-24(21-14-18(4)35-19(21)5)30-25-23(22)16-29-32(25)17(2)3/h14-17,20H,6-13H2,1-5H3,(H,28,33). The van der Waals surface area contributed by atoms with E-state index in [9.17, 15) is 9.59 Å². The van der Waals surface area contributed by atoms with Crippen LogP contribution in [0.1, 0.15) is 80.8 Å². The first-order valence-corrected chi connectivity index (χ1v) is 12.8. The van der Waals surface area contributed by atoms with Gasteiger partial charge in [0.1, 0.15) is 11.5 Å². The number of likely N-dealkylation sites (tertiary alicyclic amines) is 1. The van der Waals surface area contributed by atoms with Gasteiger partial charge in [-0.25, -0.2) is 9.67 Å². The Morgan fingerprint density at radius 1 is 1.17 bits per heavy atom. The average molecular weight is 480 g/mol. The van der Waals surface area contributed by atoms with Crippen molar-refractivity contribution in [2.75, 3.05) is 19.6 Å². The molecule has 8 heteroatoms. The minimum Gasteiger partial charge on any atom is -0.466 e. The molecule has 3 aromatic rings. The van der Waals surface area contributed by atoms with Gasteiger partial charge in [-0.05, 0) is 59.1 Å². The zero-order chi connectivity index (χ0) is 25.1. The summed E-state index contributed by atoms with van der Waals surface area (Å²) in [7, 11) is 0. The molecule has 8 nitrogen and oxygen atoms in total. The van der Waals surface area contributed by atoms with Crippen LogP contribution in [0, 0.1) is 19.8 Å². The Labute approximate surface area is 207 Å². The smallest absolute Gasteiger partial charge is 0.254 e. The highest BCUT2D eigenvalue weighted by molar-refractivity contribution is 6.06. The molecule has 1 aliphatic rings. The van der Waals surface area contributed by atoms with Crippen LogP contribution in [0.25, 0.3) is 22.3 Å². The molecule has 1 N–H and O–H groups in total. The van der Waals surface area contributed by atoms with Gasteiger partial charge in [-0.2, -0.15) is 5.10 Å². The van der Waals surface area contributed by atoms with Crippen molar-refractivity contribution in [3.05, 3.63) is 35.4 Å². The first kappa shape index (κ1) is 24.9. The Balaban J connectivity index is 1.57. The van der Waals surface area contributed by atoms with Crippen molar-refractivity contribution in [2.45, 2.75) is 72.8 Å². The van der Waals surface area contributed by atoms with Crippen LogP contribution >= 0.6 is 0 Å². The third kappa shape index (κ3) is 5.26. The first-order chi connectivity index (χ1) is 16.8. The summed E-state index contributed by atoms with van der Waals surface area (Å²) in [5, 5.41) is 8.34. The first-order valence-electron chi connectivity index (χ1n) is 12.8. The molecule has 0 aliphatic carbocycles. The van der Waals surface area contributed by atoms with Gasteiger partial charge in [-0.3, -0.25) is 9.59 Å². The van der Waals surface area contributed by atoms with E-state index in [1.807, 2.05) is 49.4 Å². The highest BCUT2D eigenvalue weighted by Crippen LogP contribution is 2.31. The number of aromatic nitrogens is 3. The van der Waals surface area contributed by atoms with E-state index in [-0.39, 0.29) is 23.8 Å². The maximum atomic E-state index is 13.7. The lowest BCUT2D eigenvalue weighted by Crippen LogP contribution is -2.43. The number of aryl methyl sites for hydroxylation is 2. The van der Waals surface area contributed by atoms with Crippen molar-refractivity contribution in [3.8, 4) is 11.3 Å². The van der Waals surface area contributed by atoms with Gasteiger partial charge in [-0.15, -0.1) is 0 Å². The topological polar surface area (TPSA) is 93.3 Å². The summed E-state index contributed by atoms with van der Waals surface area (Å²) in [6, 6.07) is 3.93. The predicted molar refractivity (Wildman–Crippen MR) is 136 cm³/mol. The molecule has 188 valence electrons. The number of unbranched alkanes of at least 4 members (excludes halogenated alkanes) is 2. The van der Waals surface area contributed by atoms with E-state index in [1.54, 1.807) is 6.20 Å². The zero-order valence-corrected chi connectivity index (χ0v) is 21.6. The Bertz CT molecular complexity index is 1200. The Hall–Kier alpha value is -3.16. The van der Waals surface area contributed by atoms with Crippen LogP contribution < -0.4 is 5.32 Å². The summed E-state index contributed by atoms with van der Waals surface area (Å²) in [5.41, 5.74) is 2.88. The fourth-order valence-electron chi connectivity index (χ4n) is 4.84. The summed E-state index contributed by atoms with van der Waals surface area (Å²) < 4.78 is 7.59. The molecule has 1 fully saturated rings.